The standard InChI is InChI=1S/C17H17NO4/c19-16-12-5-1-2-6-13(12)17(20)18(16)9-11-10-21-14-7-3-4-8-15(14)22-11/h1-4,7-8,11-13H,5-6,9-10H2/t11-,12+,13+/m1/s1. The minimum absolute atomic E-state index is 0.0678. The number of para-hydroxylation sites is 2. The smallest absolute Gasteiger partial charge is 0.233 e. The average molecular weight is 299 g/mol. The quantitative estimate of drug-likeness (QED) is 0.617. The lowest BCUT2D eigenvalue weighted by Crippen LogP contribution is -2.44. The lowest BCUT2D eigenvalue weighted by atomic mass is 9.85. The molecule has 2 aliphatic heterocycles. The molecule has 3 aliphatic rings. The second-order valence-corrected chi connectivity index (χ2v) is 5.94. The topological polar surface area (TPSA) is 55.8 Å². The number of carbonyl (C=O) groups is 2. The molecule has 22 heavy (non-hydrogen) atoms. The van der Waals surface area contributed by atoms with Gasteiger partial charge in [0.2, 0.25) is 11.8 Å². The highest BCUT2D eigenvalue weighted by Crippen LogP contribution is 2.36. The van der Waals surface area contributed by atoms with Crippen molar-refractivity contribution in [1.82, 2.24) is 4.90 Å². The van der Waals surface area contributed by atoms with Crippen molar-refractivity contribution in [3.05, 3.63) is 36.4 Å². The lowest BCUT2D eigenvalue weighted by Gasteiger charge is -2.29. The number of benzene rings is 1. The molecule has 0 unspecified atom stereocenters. The molecule has 5 heteroatoms. The number of hydrogen-bond donors (Lipinski definition) is 0. The Bertz CT molecular complexity index is 628. The van der Waals surface area contributed by atoms with Crippen molar-refractivity contribution in [1.29, 1.82) is 0 Å². The summed E-state index contributed by atoms with van der Waals surface area (Å²) in [6, 6.07) is 7.43. The molecule has 1 aromatic rings. The molecule has 3 atom stereocenters. The van der Waals surface area contributed by atoms with Gasteiger partial charge in [0.15, 0.2) is 17.6 Å². The van der Waals surface area contributed by atoms with Gasteiger partial charge in [0.05, 0.1) is 18.4 Å². The molecule has 1 fully saturated rings. The third-order valence-corrected chi connectivity index (χ3v) is 4.55. The average Bonchev–Trinajstić information content (AvgIpc) is 2.80. The van der Waals surface area contributed by atoms with E-state index in [0.29, 0.717) is 30.9 Å². The Morgan fingerprint density at radius 2 is 1.64 bits per heavy atom. The largest absolute Gasteiger partial charge is 0.486 e. The Morgan fingerprint density at radius 1 is 1.00 bits per heavy atom. The summed E-state index contributed by atoms with van der Waals surface area (Å²) in [5.74, 6) is 0.861. The molecule has 4 rings (SSSR count). The highest BCUT2D eigenvalue weighted by Gasteiger charge is 2.48. The van der Waals surface area contributed by atoms with Crippen LogP contribution in [0.2, 0.25) is 0 Å². The van der Waals surface area contributed by atoms with Crippen LogP contribution in [0.15, 0.2) is 36.4 Å². The van der Waals surface area contributed by atoms with Crippen molar-refractivity contribution in [2.75, 3.05) is 13.2 Å². The summed E-state index contributed by atoms with van der Waals surface area (Å²) in [4.78, 5) is 26.3. The maximum Gasteiger partial charge on any atom is 0.233 e. The molecule has 0 bridgehead atoms. The van der Waals surface area contributed by atoms with Gasteiger partial charge >= 0.3 is 0 Å². The zero-order chi connectivity index (χ0) is 15.1. The summed E-state index contributed by atoms with van der Waals surface area (Å²) in [6.07, 6.45) is 5.00. The van der Waals surface area contributed by atoms with Gasteiger partial charge in [-0.2, -0.15) is 0 Å². The molecule has 0 N–H and O–H groups in total. The van der Waals surface area contributed by atoms with E-state index in [1.165, 1.54) is 4.90 Å². The molecule has 1 saturated heterocycles. The fraction of sp³-hybridized carbons (Fsp3) is 0.412. The van der Waals surface area contributed by atoms with E-state index in [0.717, 1.165) is 0 Å². The molecule has 114 valence electrons. The molecule has 0 spiro atoms. The second-order valence-electron chi connectivity index (χ2n) is 5.94. The molecule has 0 saturated carbocycles. The van der Waals surface area contributed by atoms with Crippen molar-refractivity contribution in [2.45, 2.75) is 18.9 Å². The summed E-state index contributed by atoms with van der Waals surface area (Å²) >= 11 is 0. The van der Waals surface area contributed by atoms with Crippen LogP contribution in [-0.4, -0.2) is 36.0 Å². The monoisotopic (exact) mass is 299 g/mol. The first-order valence-corrected chi connectivity index (χ1v) is 7.63. The minimum Gasteiger partial charge on any atom is -0.486 e. The third-order valence-electron chi connectivity index (χ3n) is 4.55. The molecular weight excluding hydrogens is 282 g/mol. The molecule has 1 aromatic carbocycles. The summed E-state index contributed by atoms with van der Waals surface area (Å²) in [5, 5.41) is 0. The van der Waals surface area contributed by atoms with E-state index in [1.54, 1.807) is 0 Å². The fourth-order valence-corrected chi connectivity index (χ4v) is 3.41. The van der Waals surface area contributed by atoms with Gasteiger partial charge in [-0.3, -0.25) is 14.5 Å². The highest BCUT2D eigenvalue weighted by atomic mass is 16.6. The van der Waals surface area contributed by atoms with E-state index in [2.05, 4.69) is 0 Å². The van der Waals surface area contributed by atoms with Crippen LogP contribution in [0.3, 0.4) is 0 Å². The Morgan fingerprint density at radius 3 is 2.32 bits per heavy atom. The number of likely N-dealkylation sites (tertiary alicyclic amines) is 1. The summed E-state index contributed by atoms with van der Waals surface area (Å²) < 4.78 is 11.5. The Labute approximate surface area is 128 Å². The van der Waals surface area contributed by atoms with Crippen molar-refractivity contribution in [3.8, 4) is 11.5 Å². The van der Waals surface area contributed by atoms with Gasteiger partial charge < -0.3 is 9.47 Å². The predicted octanol–water partition coefficient (Wildman–Crippen LogP) is 1.78. The summed E-state index contributed by atoms with van der Waals surface area (Å²) in [5.41, 5.74) is 0. The van der Waals surface area contributed by atoms with E-state index in [1.807, 2.05) is 36.4 Å². The number of rotatable bonds is 2. The first-order chi connectivity index (χ1) is 10.7. The van der Waals surface area contributed by atoms with Gasteiger partial charge in [0, 0.05) is 0 Å². The molecule has 5 nitrogen and oxygen atoms in total. The number of amides is 2. The van der Waals surface area contributed by atoms with Gasteiger partial charge in [-0.1, -0.05) is 24.3 Å². The second kappa shape index (κ2) is 5.16. The van der Waals surface area contributed by atoms with Crippen LogP contribution in [-0.2, 0) is 9.59 Å². The van der Waals surface area contributed by atoms with Crippen LogP contribution in [0.25, 0.3) is 0 Å². The molecule has 0 radical (unpaired) electrons. The van der Waals surface area contributed by atoms with E-state index < -0.39 is 0 Å². The lowest BCUT2D eigenvalue weighted by molar-refractivity contribution is -0.141. The first kappa shape index (κ1) is 13.4. The van der Waals surface area contributed by atoms with Crippen molar-refractivity contribution < 1.29 is 19.1 Å². The maximum atomic E-state index is 12.4. The summed E-state index contributed by atoms with van der Waals surface area (Å²) in [6.45, 7) is 0.612. The van der Waals surface area contributed by atoms with E-state index in [9.17, 15) is 9.59 Å². The van der Waals surface area contributed by atoms with Gasteiger partial charge in [-0.25, -0.2) is 0 Å². The Kier molecular flexibility index (Phi) is 3.13. The number of ether oxygens (including phenoxy) is 2. The number of nitrogens with zero attached hydrogens (tertiary/aromatic N) is 1. The Balaban J connectivity index is 1.48. The fourth-order valence-electron chi connectivity index (χ4n) is 3.41. The van der Waals surface area contributed by atoms with Crippen molar-refractivity contribution in [3.63, 3.8) is 0 Å². The van der Waals surface area contributed by atoms with Gasteiger partial charge in [0.25, 0.3) is 0 Å². The van der Waals surface area contributed by atoms with Gasteiger partial charge in [-0.15, -0.1) is 0 Å². The zero-order valence-electron chi connectivity index (χ0n) is 12.1. The van der Waals surface area contributed by atoms with Gasteiger partial charge in [0.1, 0.15) is 6.61 Å². The number of carbonyl (C=O) groups excluding carboxylic acids is 2. The van der Waals surface area contributed by atoms with Crippen LogP contribution in [0.1, 0.15) is 12.8 Å². The number of hydrogen-bond acceptors (Lipinski definition) is 4. The van der Waals surface area contributed by atoms with E-state index in [-0.39, 0.29) is 36.3 Å². The van der Waals surface area contributed by atoms with E-state index >= 15 is 0 Å². The first-order valence-electron chi connectivity index (χ1n) is 7.63. The SMILES string of the molecule is O=C1[C@H]2CC=CC[C@@H]2C(=O)N1C[C@@H]1COc2ccccc2O1. The molecular formula is C17H17NO4. The van der Waals surface area contributed by atoms with Gasteiger partial charge in [-0.05, 0) is 25.0 Å². The third kappa shape index (κ3) is 2.08. The van der Waals surface area contributed by atoms with Crippen LogP contribution < -0.4 is 9.47 Å². The normalized spacial score (nSPS) is 29.6. The molecule has 2 amide bonds. The predicted molar refractivity (Wildman–Crippen MR) is 78.4 cm³/mol. The minimum atomic E-state index is -0.309. The Hall–Kier alpha value is -2.30. The van der Waals surface area contributed by atoms with Crippen LogP contribution in [0.5, 0.6) is 11.5 Å². The molecule has 0 aromatic heterocycles. The van der Waals surface area contributed by atoms with Crippen LogP contribution in [0, 0.1) is 11.8 Å². The van der Waals surface area contributed by atoms with E-state index in [4.69, 9.17) is 9.47 Å². The van der Waals surface area contributed by atoms with Crippen LogP contribution >= 0.6 is 0 Å². The number of fused-ring (bicyclic) bond motifs is 2. The van der Waals surface area contributed by atoms with Crippen molar-refractivity contribution in [2.24, 2.45) is 11.8 Å². The van der Waals surface area contributed by atoms with Crippen LogP contribution in [0.4, 0.5) is 0 Å². The molecule has 2 heterocycles. The maximum absolute atomic E-state index is 12.4. The zero-order valence-corrected chi connectivity index (χ0v) is 12.1. The number of allylic oxidation sites excluding steroid dienone is 2. The summed E-state index contributed by atoms with van der Waals surface area (Å²) in [7, 11) is 0. The highest BCUT2D eigenvalue weighted by molar-refractivity contribution is 6.05. The molecule has 1 aliphatic carbocycles. The number of imide groups is 1. The van der Waals surface area contributed by atoms with Crippen molar-refractivity contribution >= 4 is 11.8 Å².